The fourth-order valence-corrected chi connectivity index (χ4v) is 4.38. The highest BCUT2D eigenvalue weighted by molar-refractivity contribution is 4.95. The first-order chi connectivity index (χ1) is 9.02. The van der Waals surface area contributed by atoms with E-state index in [9.17, 15) is 8.78 Å². The van der Waals surface area contributed by atoms with Gasteiger partial charge in [-0.2, -0.15) is 0 Å². The van der Waals surface area contributed by atoms with Gasteiger partial charge in [-0.3, -0.25) is 0 Å². The van der Waals surface area contributed by atoms with Crippen LogP contribution in [0.1, 0.15) is 51.4 Å². The minimum atomic E-state index is -2.41. The number of halogens is 2. The van der Waals surface area contributed by atoms with Gasteiger partial charge in [-0.05, 0) is 51.5 Å². The fraction of sp³-hybridized carbons (Fsp3) is 1.00. The van der Waals surface area contributed by atoms with Gasteiger partial charge in [-0.25, -0.2) is 8.78 Å². The van der Waals surface area contributed by atoms with Crippen LogP contribution >= 0.6 is 0 Å². The molecule has 0 radical (unpaired) electrons. The minimum absolute atomic E-state index is 0.102. The SMILES string of the molecule is CN(CC1CCCC(F)(F)C1)C1CC2CCC(C1)N2. The van der Waals surface area contributed by atoms with Crippen molar-refractivity contribution in [3.63, 3.8) is 0 Å². The van der Waals surface area contributed by atoms with Gasteiger partial charge in [0.15, 0.2) is 0 Å². The van der Waals surface area contributed by atoms with Crippen molar-refractivity contribution >= 4 is 0 Å². The predicted octanol–water partition coefficient (Wildman–Crippen LogP) is 3.03. The van der Waals surface area contributed by atoms with Crippen molar-refractivity contribution in [2.75, 3.05) is 13.6 Å². The molecule has 2 bridgehead atoms. The molecule has 1 aliphatic carbocycles. The number of nitrogens with one attached hydrogen (secondary N) is 1. The molecule has 19 heavy (non-hydrogen) atoms. The molecule has 2 aliphatic heterocycles. The molecule has 1 saturated carbocycles. The van der Waals surface area contributed by atoms with Crippen LogP contribution in [0.2, 0.25) is 0 Å². The molecule has 110 valence electrons. The molecule has 2 nitrogen and oxygen atoms in total. The Hall–Kier alpha value is -0.220. The van der Waals surface area contributed by atoms with Gasteiger partial charge in [0, 0.05) is 37.5 Å². The molecular formula is C15H26F2N2. The van der Waals surface area contributed by atoms with E-state index >= 15 is 0 Å². The molecule has 2 saturated heterocycles. The molecule has 3 rings (SSSR count). The maximum absolute atomic E-state index is 13.5. The highest BCUT2D eigenvalue weighted by atomic mass is 19.3. The monoisotopic (exact) mass is 272 g/mol. The summed E-state index contributed by atoms with van der Waals surface area (Å²) in [7, 11) is 2.14. The zero-order chi connectivity index (χ0) is 13.5. The number of rotatable bonds is 3. The molecule has 3 unspecified atom stereocenters. The van der Waals surface area contributed by atoms with Gasteiger partial charge in [-0.1, -0.05) is 0 Å². The lowest BCUT2D eigenvalue weighted by atomic mass is 9.85. The summed E-state index contributed by atoms with van der Waals surface area (Å²) >= 11 is 0. The number of hydrogen-bond donors (Lipinski definition) is 1. The predicted molar refractivity (Wildman–Crippen MR) is 72.5 cm³/mol. The summed E-state index contributed by atoms with van der Waals surface area (Å²) in [5.41, 5.74) is 0. The van der Waals surface area contributed by atoms with Crippen LogP contribution in [0, 0.1) is 5.92 Å². The summed E-state index contributed by atoms with van der Waals surface area (Å²) in [5, 5.41) is 3.65. The second-order valence-electron chi connectivity index (χ2n) is 7.02. The first-order valence-corrected chi connectivity index (χ1v) is 7.86. The second kappa shape index (κ2) is 5.28. The van der Waals surface area contributed by atoms with E-state index in [1.54, 1.807) is 0 Å². The molecule has 2 heterocycles. The average molecular weight is 272 g/mol. The molecule has 0 aromatic rings. The quantitative estimate of drug-likeness (QED) is 0.849. The van der Waals surface area contributed by atoms with E-state index in [0.717, 1.165) is 13.0 Å². The Balaban J connectivity index is 1.52. The van der Waals surface area contributed by atoms with Crippen molar-refractivity contribution in [3.05, 3.63) is 0 Å². The molecule has 0 aromatic heterocycles. The molecular weight excluding hydrogens is 246 g/mol. The van der Waals surface area contributed by atoms with Crippen LogP contribution in [0.4, 0.5) is 8.78 Å². The number of fused-ring (bicyclic) bond motifs is 2. The summed E-state index contributed by atoms with van der Waals surface area (Å²) in [6.07, 6.45) is 6.90. The van der Waals surface area contributed by atoms with E-state index in [2.05, 4.69) is 17.3 Å². The maximum atomic E-state index is 13.5. The molecule has 4 heteroatoms. The van der Waals surface area contributed by atoms with Crippen LogP contribution in [0.15, 0.2) is 0 Å². The van der Waals surface area contributed by atoms with Crippen LogP contribution in [-0.4, -0.2) is 42.5 Å². The van der Waals surface area contributed by atoms with E-state index in [1.165, 1.54) is 25.7 Å². The van der Waals surface area contributed by atoms with Crippen LogP contribution in [0.3, 0.4) is 0 Å². The highest BCUT2D eigenvalue weighted by Crippen LogP contribution is 2.37. The molecule has 0 amide bonds. The molecule has 1 N–H and O–H groups in total. The van der Waals surface area contributed by atoms with Crippen molar-refractivity contribution in [2.45, 2.75) is 75.4 Å². The third-order valence-electron chi connectivity index (χ3n) is 5.36. The number of piperidine rings is 1. The lowest BCUT2D eigenvalue weighted by molar-refractivity contribution is -0.0581. The van der Waals surface area contributed by atoms with E-state index < -0.39 is 5.92 Å². The van der Waals surface area contributed by atoms with Crippen molar-refractivity contribution in [2.24, 2.45) is 5.92 Å². The smallest absolute Gasteiger partial charge is 0.248 e. The Kier molecular flexibility index (Phi) is 3.82. The van der Waals surface area contributed by atoms with E-state index in [4.69, 9.17) is 0 Å². The number of hydrogen-bond acceptors (Lipinski definition) is 2. The first kappa shape index (κ1) is 13.7. The molecule has 0 spiro atoms. The number of nitrogens with zero attached hydrogens (tertiary/aromatic N) is 1. The Morgan fingerprint density at radius 2 is 1.84 bits per heavy atom. The zero-order valence-corrected chi connectivity index (χ0v) is 11.9. The Morgan fingerprint density at radius 1 is 1.16 bits per heavy atom. The summed E-state index contributed by atoms with van der Waals surface area (Å²) < 4.78 is 26.9. The van der Waals surface area contributed by atoms with Gasteiger partial charge in [0.1, 0.15) is 0 Å². The molecule has 3 aliphatic rings. The minimum Gasteiger partial charge on any atom is -0.311 e. The number of alkyl halides is 2. The van der Waals surface area contributed by atoms with Gasteiger partial charge in [0.05, 0.1) is 0 Å². The van der Waals surface area contributed by atoms with E-state index in [-0.39, 0.29) is 18.8 Å². The highest BCUT2D eigenvalue weighted by Gasteiger charge is 2.39. The summed E-state index contributed by atoms with van der Waals surface area (Å²) in [6.45, 7) is 0.861. The third-order valence-corrected chi connectivity index (χ3v) is 5.36. The third kappa shape index (κ3) is 3.27. The Labute approximate surface area is 114 Å². The Morgan fingerprint density at radius 3 is 2.47 bits per heavy atom. The average Bonchev–Trinajstić information content (AvgIpc) is 2.67. The largest absolute Gasteiger partial charge is 0.311 e. The van der Waals surface area contributed by atoms with Gasteiger partial charge < -0.3 is 10.2 Å². The van der Waals surface area contributed by atoms with Crippen LogP contribution in [0.25, 0.3) is 0 Å². The standard InChI is InChI=1S/C15H26F2N2/c1-19(10-11-3-2-6-15(16,17)9-11)14-7-12-4-5-13(8-14)18-12/h11-14,18H,2-10H2,1H3. The van der Waals surface area contributed by atoms with Crippen LogP contribution < -0.4 is 5.32 Å². The Bertz CT molecular complexity index is 309. The normalized spacial score (nSPS) is 41.7. The van der Waals surface area contributed by atoms with E-state index in [0.29, 0.717) is 24.5 Å². The van der Waals surface area contributed by atoms with Crippen molar-refractivity contribution in [1.82, 2.24) is 10.2 Å². The molecule has 0 aromatic carbocycles. The summed E-state index contributed by atoms with van der Waals surface area (Å²) in [5.74, 6) is -2.21. The first-order valence-electron chi connectivity index (χ1n) is 7.86. The summed E-state index contributed by atoms with van der Waals surface area (Å²) in [6, 6.07) is 1.97. The molecule has 3 fully saturated rings. The van der Waals surface area contributed by atoms with Gasteiger partial charge in [0.25, 0.3) is 0 Å². The van der Waals surface area contributed by atoms with Crippen LogP contribution in [-0.2, 0) is 0 Å². The topological polar surface area (TPSA) is 15.3 Å². The van der Waals surface area contributed by atoms with Crippen molar-refractivity contribution in [1.29, 1.82) is 0 Å². The fourth-order valence-electron chi connectivity index (χ4n) is 4.38. The van der Waals surface area contributed by atoms with Gasteiger partial charge >= 0.3 is 0 Å². The second-order valence-corrected chi connectivity index (χ2v) is 7.02. The zero-order valence-electron chi connectivity index (χ0n) is 11.9. The summed E-state index contributed by atoms with van der Waals surface area (Å²) in [4.78, 5) is 2.37. The molecule has 3 atom stereocenters. The van der Waals surface area contributed by atoms with Crippen LogP contribution in [0.5, 0.6) is 0 Å². The van der Waals surface area contributed by atoms with Crippen molar-refractivity contribution in [3.8, 4) is 0 Å². The van der Waals surface area contributed by atoms with E-state index in [1.807, 2.05) is 0 Å². The maximum Gasteiger partial charge on any atom is 0.248 e. The lowest BCUT2D eigenvalue weighted by Gasteiger charge is -2.39. The van der Waals surface area contributed by atoms with Gasteiger partial charge in [0.2, 0.25) is 5.92 Å². The van der Waals surface area contributed by atoms with Crippen molar-refractivity contribution < 1.29 is 8.78 Å². The lowest BCUT2D eigenvalue weighted by Crippen LogP contribution is -2.48. The van der Waals surface area contributed by atoms with Gasteiger partial charge in [-0.15, -0.1) is 0 Å².